The maximum absolute atomic E-state index is 3.65. The van der Waals surface area contributed by atoms with Crippen molar-refractivity contribution in [1.82, 2.24) is 9.88 Å². The fourth-order valence-electron chi connectivity index (χ4n) is 0.956. The average molecular weight is 188 g/mol. The highest BCUT2D eigenvalue weighted by Crippen LogP contribution is 2.03. The second-order valence-corrected chi connectivity index (χ2v) is 7.02. The summed E-state index contributed by atoms with van der Waals surface area (Å²) in [7, 11) is -0.651. The van der Waals surface area contributed by atoms with E-state index in [4.69, 9.17) is 0 Å². The Bertz CT molecular complexity index is 101. The molecule has 0 aliphatic heterocycles. The van der Waals surface area contributed by atoms with Crippen LogP contribution in [0.3, 0.4) is 0 Å². The fourth-order valence-corrected chi connectivity index (χ4v) is 1.97. The average Bonchev–Trinajstić information content (AvgIpc) is 2.05. The topological polar surface area (TPSA) is 15.3 Å². The van der Waals surface area contributed by atoms with E-state index in [9.17, 15) is 0 Å². The summed E-state index contributed by atoms with van der Waals surface area (Å²) in [5.74, 6) is 0. The number of hydrogen-bond donors (Lipinski definition) is 1. The molecular weight excluding hydrogens is 164 g/mol. The highest BCUT2D eigenvalue weighted by molar-refractivity contribution is 6.55. The molecule has 12 heavy (non-hydrogen) atoms. The molecule has 0 aliphatic rings. The third-order valence-electron chi connectivity index (χ3n) is 2.53. The Labute approximate surface area is 79.0 Å². The van der Waals surface area contributed by atoms with Gasteiger partial charge in [0.1, 0.15) is 8.96 Å². The van der Waals surface area contributed by atoms with E-state index < -0.39 is 8.96 Å². The summed E-state index contributed by atoms with van der Waals surface area (Å²) in [6.07, 6.45) is 0. The van der Waals surface area contributed by atoms with Gasteiger partial charge in [-0.25, -0.2) is 0 Å². The first kappa shape index (κ1) is 12.1. The first-order chi connectivity index (χ1) is 5.61. The molecule has 0 heterocycles. The minimum atomic E-state index is -0.651. The van der Waals surface area contributed by atoms with Crippen LogP contribution < -0.4 is 4.98 Å². The van der Waals surface area contributed by atoms with Crippen LogP contribution in [0.1, 0.15) is 27.7 Å². The van der Waals surface area contributed by atoms with Crippen LogP contribution in [0.15, 0.2) is 0 Å². The molecule has 1 atom stereocenters. The lowest BCUT2D eigenvalue weighted by molar-refractivity contribution is 0.299. The van der Waals surface area contributed by atoms with E-state index in [-0.39, 0.29) is 0 Å². The molecule has 0 bridgehead atoms. The third kappa shape index (κ3) is 4.90. The molecule has 0 aromatic carbocycles. The molecule has 1 unspecified atom stereocenters. The lowest BCUT2D eigenvalue weighted by atomic mass is 10.6. The zero-order valence-corrected chi connectivity index (χ0v) is 10.4. The lowest BCUT2D eigenvalue weighted by Gasteiger charge is -2.23. The second-order valence-electron chi connectivity index (χ2n) is 3.70. The Hall–Kier alpha value is 0.137. The summed E-state index contributed by atoms with van der Waals surface area (Å²) in [5.41, 5.74) is 0.862. The van der Waals surface area contributed by atoms with Crippen LogP contribution in [0.4, 0.5) is 0 Å². The maximum Gasteiger partial charge on any atom is 0.109 e. The zero-order valence-electron chi connectivity index (χ0n) is 9.22. The van der Waals surface area contributed by atoms with Gasteiger partial charge in [-0.2, -0.15) is 0 Å². The molecule has 0 rings (SSSR count). The van der Waals surface area contributed by atoms with E-state index >= 15 is 0 Å². The van der Waals surface area contributed by atoms with Crippen LogP contribution in [-0.4, -0.2) is 33.6 Å². The molecule has 0 saturated heterocycles. The molecule has 1 N–H and O–H groups in total. The molecule has 3 heteroatoms. The van der Waals surface area contributed by atoms with Crippen molar-refractivity contribution in [3.05, 3.63) is 0 Å². The van der Waals surface area contributed by atoms with Gasteiger partial charge in [0, 0.05) is 6.67 Å². The van der Waals surface area contributed by atoms with E-state index in [0.717, 1.165) is 25.3 Å². The van der Waals surface area contributed by atoms with Gasteiger partial charge in [-0.15, -0.1) is 0 Å². The zero-order chi connectivity index (χ0) is 9.56. The standard InChI is InChI=1S/C9H24N2Si/c1-6-11(7-2)8-10-12(5)9(3)4/h9-10,12H,6-8H2,1-5H3. The highest BCUT2D eigenvalue weighted by Gasteiger charge is 2.08. The van der Waals surface area contributed by atoms with E-state index in [0.29, 0.717) is 0 Å². The number of nitrogens with zero attached hydrogens (tertiary/aromatic N) is 1. The van der Waals surface area contributed by atoms with E-state index in [1.54, 1.807) is 0 Å². The summed E-state index contributed by atoms with van der Waals surface area (Å²) >= 11 is 0. The Balaban J connectivity index is 3.51. The molecule has 0 radical (unpaired) electrons. The summed E-state index contributed by atoms with van der Waals surface area (Å²) in [4.78, 5) is 6.07. The minimum absolute atomic E-state index is 0.651. The monoisotopic (exact) mass is 188 g/mol. The van der Waals surface area contributed by atoms with Gasteiger partial charge in [0.15, 0.2) is 0 Å². The van der Waals surface area contributed by atoms with E-state index in [1.807, 2.05) is 0 Å². The largest absolute Gasteiger partial charge is 0.328 e. The van der Waals surface area contributed by atoms with Crippen LogP contribution in [-0.2, 0) is 0 Å². The molecule has 2 nitrogen and oxygen atoms in total. The second kappa shape index (κ2) is 6.63. The van der Waals surface area contributed by atoms with Crippen molar-refractivity contribution >= 4 is 8.96 Å². The summed E-state index contributed by atoms with van der Waals surface area (Å²) < 4.78 is 0. The quantitative estimate of drug-likeness (QED) is 0.503. The van der Waals surface area contributed by atoms with Crippen LogP contribution in [0.2, 0.25) is 12.1 Å². The van der Waals surface area contributed by atoms with Gasteiger partial charge in [0.05, 0.1) is 0 Å². The number of rotatable bonds is 6. The third-order valence-corrected chi connectivity index (χ3v) is 5.36. The highest BCUT2D eigenvalue weighted by atomic mass is 28.3. The predicted molar refractivity (Wildman–Crippen MR) is 59.0 cm³/mol. The molecule has 0 spiro atoms. The van der Waals surface area contributed by atoms with Crippen molar-refractivity contribution in [3.8, 4) is 0 Å². The first-order valence-electron chi connectivity index (χ1n) is 5.07. The molecular formula is C9H24N2Si. The molecule has 0 amide bonds. The van der Waals surface area contributed by atoms with Crippen molar-refractivity contribution < 1.29 is 0 Å². The summed E-state index contributed by atoms with van der Waals surface area (Å²) in [6.45, 7) is 14.8. The Morgan fingerprint density at radius 2 is 1.75 bits per heavy atom. The molecule has 0 fully saturated rings. The smallest absolute Gasteiger partial charge is 0.109 e. The molecule has 74 valence electrons. The van der Waals surface area contributed by atoms with Crippen molar-refractivity contribution in [1.29, 1.82) is 0 Å². The number of hydrogen-bond acceptors (Lipinski definition) is 2. The Morgan fingerprint density at radius 1 is 1.25 bits per heavy atom. The van der Waals surface area contributed by atoms with Crippen LogP contribution >= 0.6 is 0 Å². The molecule has 0 aromatic rings. The lowest BCUT2D eigenvalue weighted by Crippen LogP contribution is -2.42. The predicted octanol–water partition coefficient (Wildman–Crippen LogP) is 1.64. The minimum Gasteiger partial charge on any atom is -0.328 e. The summed E-state index contributed by atoms with van der Waals surface area (Å²) in [5, 5.41) is 0. The molecule has 0 aliphatic carbocycles. The fraction of sp³-hybridized carbons (Fsp3) is 1.00. The molecule has 0 aromatic heterocycles. The van der Waals surface area contributed by atoms with Crippen molar-refractivity contribution in [2.24, 2.45) is 0 Å². The SMILES string of the molecule is CCN(CC)CN[SiH](C)C(C)C. The van der Waals surface area contributed by atoms with Crippen LogP contribution in [0, 0.1) is 0 Å². The Kier molecular flexibility index (Phi) is 6.71. The Morgan fingerprint density at radius 3 is 2.08 bits per heavy atom. The van der Waals surface area contributed by atoms with Crippen molar-refractivity contribution in [2.75, 3.05) is 19.8 Å². The normalized spacial score (nSPS) is 14.2. The van der Waals surface area contributed by atoms with Gasteiger partial charge in [-0.1, -0.05) is 34.2 Å². The maximum atomic E-state index is 3.65. The van der Waals surface area contributed by atoms with Crippen LogP contribution in [0.5, 0.6) is 0 Å². The van der Waals surface area contributed by atoms with Gasteiger partial charge in [-0.05, 0) is 18.6 Å². The van der Waals surface area contributed by atoms with Crippen molar-refractivity contribution in [2.45, 2.75) is 39.8 Å². The van der Waals surface area contributed by atoms with Gasteiger partial charge < -0.3 is 4.98 Å². The number of nitrogens with one attached hydrogen (secondary N) is 1. The summed E-state index contributed by atoms with van der Waals surface area (Å²) in [6, 6.07) is 0. The van der Waals surface area contributed by atoms with Gasteiger partial charge in [0.2, 0.25) is 0 Å². The van der Waals surface area contributed by atoms with Crippen LogP contribution in [0.25, 0.3) is 0 Å². The van der Waals surface area contributed by atoms with Crippen molar-refractivity contribution in [3.63, 3.8) is 0 Å². The van der Waals surface area contributed by atoms with E-state index in [1.165, 1.54) is 0 Å². The van der Waals surface area contributed by atoms with Gasteiger partial charge in [-0.3, -0.25) is 4.90 Å². The van der Waals surface area contributed by atoms with E-state index in [2.05, 4.69) is 44.1 Å². The molecule has 0 saturated carbocycles. The first-order valence-corrected chi connectivity index (χ1v) is 7.47. The van der Waals surface area contributed by atoms with Gasteiger partial charge >= 0.3 is 0 Å². The van der Waals surface area contributed by atoms with Gasteiger partial charge in [0.25, 0.3) is 0 Å².